The Hall–Kier alpha value is -2.62. The summed E-state index contributed by atoms with van der Waals surface area (Å²) in [5.74, 6) is 0.145. The lowest BCUT2D eigenvalue weighted by molar-refractivity contribution is -0.116. The number of para-hydroxylation sites is 1. The number of thioether (sulfide) groups is 1. The van der Waals surface area contributed by atoms with Crippen LogP contribution in [0.1, 0.15) is 5.56 Å². The lowest BCUT2D eigenvalue weighted by Gasteiger charge is -2.19. The SMILES string of the molecule is Cc1ccc(-c2csc(SCC(=O)N(CC#N)c3ccccc3)n2)cc1. The number of aryl methyl sites for hydroxylation is 1. The monoisotopic (exact) mass is 379 g/mol. The molecule has 1 amide bonds. The van der Waals surface area contributed by atoms with E-state index < -0.39 is 0 Å². The van der Waals surface area contributed by atoms with Gasteiger partial charge in [0.15, 0.2) is 4.34 Å². The number of thiazole rings is 1. The lowest BCUT2D eigenvalue weighted by atomic mass is 10.1. The van der Waals surface area contributed by atoms with Crippen molar-refractivity contribution in [3.05, 3.63) is 65.5 Å². The van der Waals surface area contributed by atoms with Gasteiger partial charge in [0.2, 0.25) is 5.91 Å². The van der Waals surface area contributed by atoms with Gasteiger partial charge in [0.1, 0.15) is 6.54 Å². The number of hydrogen-bond donors (Lipinski definition) is 0. The van der Waals surface area contributed by atoms with Gasteiger partial charge in [-0.05, 0) is 19.1 Å². The summed E-state index contributed by atoms with van der Waals surface area (Å²) in [6, 6.07) is 19.5. The van der Waals surface area contributed by atoms with Crippen LogP contribution < -0.4 is 4.90 Å². The largest absolute Gasteiger partial charge is 0.298 e. The van der Waals surface area contributed by atoms with Gasteiger partial charge in [0, 0.05) is 16.6 Å². The average Bonchev–Trinajstić information content (AvgIpc) is 3.14. The predicted molar refractivity (Wildman–Crippen MR) is 107 cm³/mol. The Morgan fingerprint density at radius 2 is 1.92 bits per heavy atom. The van der Waals surface area contributed by atoms with E-state index in [2.05, 4.69) is 30.1 Å². The highest BCUT2D eigenvalue weighted by atomic mass is 32.2. The Balaban J connectivity index is 1.65. The van der Waals surface area contributed by atoms with Crippen molar-refractivity contribution >= 4 is 34.7 Å². The minimum absolute atomic E-state index is 0.0376. The number of amides is 1. The molecule has 0 N–H and O–H groups in total. The topological polar surface area (TPSA) is 57.0 Å². The van der Waals surface area contributed by atoms with Gasteiger partial charge in [-0.2, -0.15) is 5.26 Å². The molecule has 2 aromatic carbocycles. The fourth-order valence-corrected chi connectivity index (χ4v) is 4.10. The van der Waals surface area contributed by atoms with Crippen molar-refractivity contribution in [2.45, 2.75) is 11.3 Å². The number of carbonyl (C=O) groups excluding carboxylic acids is 1. The molecule has 0 unspecified atom stereocenters. The molecule has 0 atom stereocenters. The van der Waals surface area contributed by atoms with Gasteiger partial charge in [-0.25, -0.2) is 4.98 Å². The molecule has 3 aromatic rings. The van der Waals surface area contributed by atoms with E-state index in [1.54, 1.807) is 0 Å². The maximum atomic E-state index is 12.6. The van der Waals surface area contributed by atoms with Crippen LogP contribution in [-0.2, 0) is 4.79 Å². The number of nitriles is 1. The van der Waals surface area contributed by atoms with Crippen molar-refractivity contribution in [3.63, 3.8) is 0 Å². The summed E-state index contributed by atoms with van der Waals surface area (Å²) >= 11 is 2.93. The van der Waals surface area contributed by atoms with E-state index in [1.165, 1.54) is 33.6 Å². The highest BCUT2D eigenvalue weighted by molar-refractivity contribution is 8.01. The van der Waals surface area contributed by atoms with E-state index in [4.69, 9.17) is 5.26 Å². The molecular weight excluding hydrogens is 362 g/mol. The molecule has 4 nitrogen and oxygen atoms in total. The summed E-state index contributed by atoms with van der Waals surface area (Å²) in [5, 5.41) is 11.0. The number of nitrogens with zero attached hydrogens (tertiary/aromatic N) is 3. The van der Waals surface area contributed by atoms with Gasteiger partial charge >= 0.3 is 0 Å². The first-order chi connectivity index (χ1) is 12.7. The number of hydrogen-bond acceptors (Lipinski definition) is 5. The highest BCUT2D eigenvalue weighted by Gasteiger charge is 2.16. The molecule has 0 radical (unpaired) electrons. The van der Waals surface area contributed by atoms with E-state index in [0.717, 1.165) is 21.3 Å². The van der Waals surface area contributed by atoms with Gasteiger partial charge in [-0.1, -0.05) is 59.8 Å². The molecule has 0 bridgehead atoms. The van der Waals surface area contributed by atoms with Gasteiger partial charge in [-0.15, -0.1) is 11.3 Å². The molecule has 0 aliphatic rings. The maximum Gasteiger partial charge on any atom is 0.238 e. The van der Waals surface area contributed by atoms with E-state index in [1.807, 2.05) is 47.8 Å². The summed E-state index contributed by atoms with van der Waals surface area (Å²) in [7, 11) is 0. The van der Waals surface area contributed by atoms with Crippen molar-refractivity contribution in [3.8, 4) is 17.3 Å². The predicted octanol–water partition coefficient (Wildman–Crippen LogP) is 4.77. The van der Waals surface area contributed by atoms with Crippen LogP contribution in [0.5, 0.6) is 0 Å². The summed E-state index contributed by atoms with van der Waals surface area (Å²) in [6.45, 7) is 2.09. The molecule has 26 heavy (non-hydrogen) atoms. The molecule has 0 aliphatic carbocycles. The second-order valence-electron chi connectivity index (χ2n) is 5.63. The number of benzene rings is 2. The standard InChI is InChI=1S/C20H17N3OS2/c1-15-7-9-16(10-8-15)18-13-25-20(22-18)26-14-19(24)23(12-11-21)17-5-3-2-4-6-17/h2-10,13H,12,14H2,1H3. The fourth-order valence-electron chi connectivity index (χ4n) is 2.38. The minimum Gasteiger partial charge on any atom is -0.298 e. The van der Waals surface area contributed by atoms with Crippen LogP contribution >= 0.6 is 23.1 Å². The Bertz CT molecular complexity index is 914. The molecule has 1 aromatic heterocycles. The second kappa shape index (κ2) is 8.65. The third-order valence-corrected chi connectivity index (χ3v) is 5.75. The first kappa shape index (κ1) is 18.2. The van der Waals surface area contributed by atoms with Crippen molar-refractivity contribution in [2.75, 3.05) is 17.2 Å². The molecule has 130 valence electrons. The van der Waals surface area contributed by atoms with Crippen LogP contribution in [0.4, 0.5) is 5.69 Å². The van der Waals surface area contributed by atoms with Crippen LogP contribution in [0.2, 0.25) is 0 Å². The quantitative estimate of drug-likeness (QED) is 0.457. The molecule has 6 heteroatoms. The summed E-state index contributed by atoms with van der Waals surface area (Å²) in [5.41, 5.74) is 3.93. The smallest absolute Gasteiger partial charge is 0.238 e. The van der Waals surface area contributed by atoms with Gasteiger partial charge in [0.05, 0.1) is 17.5 Å². The highest BCUT2D eigenvalue weighted by Crippen LogP contribution is 2.29. The Labute approximate surface area is 161 Å². The molecule has 0 saturated carbocycles. The molecule has 0 aliphatic heterocycles. The van der Waals surface area contributed by atoms with Crippen LogP contribution in [0.3, 0.4) is 0 Å². The van der Waals surface area contributed by atoms with E-state index in [9.17, 15) is 4.79 Å². The van der Waals surface area contributed by atoms with Crippen LogP contribution in [-0.4, -0.2) is 23.2 Å². The number of rotatable bonds is 6. The van der Waals surface area contributed by atoms with Crippen LogP contribution in [0.15, 0.2) is 64.3 Å². The van der Waals surface area contributed by atoms with E-state index in [0.29, 0.717) is 0 Å². The zero-order chi connectivity index (χ0) is 18.4. The Kier molecular flexibility index (Phi) is 6.05. The van der Waals surface area contributed by atoms with Crippen molar-refractivity contribution in [1.29, 1.82) is 5.26 Å². The average molecular weight is 380 g/mol. The number of aromatic nitrogens is 1. The maximum absolute atomic E-state index is 12.6. The summed E-state index contributed by atoms with van der Waals surface area (Å²) in [6.07, 6.45) is 0. The molecular formula is C20H17N3OS2. The van der Waals surface area contributed by atoms with E-state index >= 15 is 0 Å². The third kappa shape index (κ3) is 4.51. The zero-order valence-corrected chi connectivity index (χ0v) is 15.9. The third-order valence-electron chi connectivity index (χ3n) is 3.75. The minimum atomic E-state index is -0.102. The first-order valence-electron chi connectivity index (χ1n) is 8.05. The zero-order valence-electron chi connectivity index (χ0n) is 14.3. The van der Waals surface area contributed by atoms with Crippen molar-refractivity contribution in [1.82, 2.24) is 4.98 Å². The van der Waals surface area contributed by atoms with Crippen molar-refractivity contribution < 1.29 is 4.79 Å². The Morgan fingerprint density at radius 3 is 2.62 bits per heavy atom. The van der Waals surface area contributed by atoms with Gasteiger partial charge < -0.3 is 0 Å². The van der Waals surface area contributed by atoms with Crippen LogP contribution in [0, 0.1) is 18.3 Å². The molecule has 0 spiro atoms. The summed E-state index contributed by atoms with van der Waals surface area (Å²) < 4.78 is 0.846. The normalized spacial score (nSPS) is 10.3. The number of carbonyl (C=O) groups is 1. The van der Waals surface area contributed by atoms with Gasteiger partial charge in [0.25, 0.3) is 0 Å². The van der Waals surface area contributed by atoms with Gasteiger partial charge in [-0.3, -0.25) is 9.69 Å². The molecule has 3 rings (SSSR count). The number of anilines is 1. The molecule has 0 fully saturated rings. The van der Waals surface area contributed by atoms with Crippen molar-refractivity contribution in [2.24, 2.45) is 0 Å². The Morgan fingerprint density at radius 1 is 1.19 bits per heavy atom. The fraction of sp³-hybridized carbons (Fsp3) is 0.150. The van der Waals surface area contributed by atoms with E-state index in [-0.39, 0.29) is 18.2 Å². The lowest BCUT2D eigenvalue weighted by Crippen LogP contribution is -2.32. The summed E-state index contributed by atoms with van der Waals surface area (Å²) in [4.78, 5) is 18.7. The molecule has 0 saturated heterocycles. The molecule has 1 heterocycles. The first-order valence-corrected chi connectivity index (χ1v) is 9.91. The second-order valence-corrected chi connectivity index (χ2v) is 7.71. The van der Waals surface area contributed by atoms with Crippen LogP contribution in [0.25, 0.3) is 11.3 Å².